The smallest absolute Gasteiger partial charge is 0.105 e. The first-order valence-electron chi connectivity index (χ1n) is 6.81. The number of aliphatic hydroxyl groups is 1. The molecule has 0 bridgehead atoms. The monoisotopic (exact) mass is 247 g/mol. The van der Waals surface area contributed by atoms with Crippen LogP contribution in [0.1, 0.15) is 30.4 Å². The zero-order valence-electron chi connectivity index (χ0n) is 10.9. The van der Waals surface area contributed by atoms with Gasteiger partial charge in [-0.3, -0.25) is 0 Å². The molecule has 0 aromatic heterocycles. The van der Waals surface area contributed by atoms with Gasteiger partial charge in [0.1, 0.15) is 5.60 Å². The average Bonchev–Trinajstić information content (AvgIpc) is 2.66. The number of hydrogen-bond donors (Lipinski definition) is 2. The molecule has 0 radical (unpaired) electrons. The zero-order valence-corrected chi connectivity index (χ0v) is 10.9. The molecule has 3 atom stereocenters. The Balaban J connectivity index is 1.49. The maximum absolute atomic E-state index is 10.4. The normalized spacial score (nSPS) is 34.1. The Labute approximate surface area is 108 Å². The van der Waals surface area contributed by atoms with Gasteiger partial charge in [-0.1, -0.05) is 24.3 Å². The van der Waals surface area contributed by atoms with E-state index >= 15 is 0 Å². The number of benzene rings is 1. The van der Waals surface area contributed by atoms with Crippen molar-refractivity contribution in [3.8, 4) is 0 Å². The summed E-state index contributed by atoms with van der Waals surface area (Å²) >= 11 is 0. The van der Waals surface area contributed by atoms with Gasteiger partial charge in [0, 0.05) is 32.0 Å². The summed E-state index contributed by atoms with van der Waals surface area (Å²) in [6.07, 6.45) is 1.84. The highest BCUT2D eigenvalue weighted by Gasteiger charge is 2.39. The molecule has 2 aliphatic rings. The van der Waals surface area contributed by atoms with E-state index in [0.717, 1.165) is 19.4 Å². The van der Waals surface area contributed by atoms with Crippen LogP contribution >= 0.6 is 0 Å². The van der Waals surface area contributed by atoms with Gasteiger partial charge >= 0.3 is 0 Å². The average molecular weight is 247 g/mol. The van der Waals surface area contributed by atoms with Gasteiger partial charge in [-0.25, -0.2) is 0 Å². The van der Waals surface area contributed by atoms with Crippen LogP contribution in [-0.4, -0.2) is 36.5 Å². The van der Waals surface area contributed by atoms with Gasteiger partial charge in [-0.05, 0) is 24.5 Å². The van der Waals surface area contributed by atoms with Gasteiger partial charge in [-0.15, -0.1) is 0 Å². The van der Waals surface area contributed by atoms with Crippen molar-refractivity contribution < 1.29 is 9.84 Å². The molecule has 2 N–H and O–H groups in total. The quantitative estimate of drug-likeness (QED) is 0.846. The van der Waals surface area contributed by atoms with Gasteiger partial charge in [0.2, 0.25) is 0 Å². The molecule has 98 valence electrons. The lowest BCUT2D eigenvalue weighted by Crippen LogP contribution is -2.47. The minimum Gasteiger partial charge on any atom is -0.386 e. The van der Waals surface area contributed by atoms with Gasteiger partial charge in [-0.2, -0.15) is 0 Å². The van der Waals surface area contributed by atoms with Crippen molar-refractivity contribution in [3.63, 3.8) is 0 Å². The largest absolute Gasteiger partial charge is 0.386 e. The summed E-state index contributed by atoms with van der Waals surface area (Å²) in [5, 5.41) is 13.8. The first-order valence-corrected chi connectivity index (χ1v) is 6.81. The van der Waals surface area contributed by atoms with Crippen molar-refractivity contribution in [3.05, 3.63) is 35.4 Å². The fourth-order valence-electron chi connectivity index (χ4n) is 3.01. The Kier molecular flexibility index (Phi) is 3.14. The van der Waals surface area contributed by atoms with E-state index in [-0.39, 0.29) is 6.10 Å². The highest BCUT2D eigenvalue weighted by atomic mass is 16.5. The maximum atomic E-state index is 10.4. The number of fused-ring (bicyclic) bond motifs is 1. The summed E-state index contributed by atoms with van der Waals surface area (Å²) in [6, 6.07) is 8.61. The van der Waals surface area contributed by atoms with Crippen LogP contribution in [0.5, 0.6) is 0 Å². The SMILES string of the molecule is CC1OCCC1(O)CNCC1Cc2ccccc21. The summed E-state index contributed by atoms with van der Waals surface area (Å²) < 4.78 is 5.43. The van der Waals surface area contributed by atoms with Crippen LogP contribution < -0.4 is 5.32 Å². The Bertz CT molecular complexity index is 434. The summed E-state index contributed by atoms with van der Waals surface area (Å²) in [4.78, 5) is 0. The minimum atomic E-state index is -0.677. The summed E-state index contributed by atoms with van der Waals surface area (Å²) in [5.41, 5.74) is 2.26. The Morgan fingerprint density at radius 1 is 1.44 bits per heavy atom. The van der Waals surface area contributed by atoms with Crippen LogP contribution in [0, 0.1) is 0 Å². The molecule has 1 heterocycles. The molecule has 3 heteroatoms. The molecule has 1 aromatic rings. The van der Waals surface area contributed by atoms with E-state index in [1.807, 2.05) is 6.92 Å². The second kappa shape index (κ2) is 4.65. The molecule has 1 aliphatic carbocycles. The van der Waals surface area contributed by atoms with Crippen molar-refractivity contribution in [2.24, 2.45) is 0 Å². The standard InChI is InChI=1S/C15H21NO2/c1-11-15(17,6-7-18-11)10-16-9-13-8-12-4-2-3-5-14(12)13/h2-5,11,13,16-17H,6-10H2,1H3. The highest BCUT2D eigenvalue weighted by molar-refractivity contribution is 5.40. The molecular formula is C15H21NO2. The topological polar surface area (TPSA) is 41.5 Å². The van der Waals surface area contributed by atoms with E-state index in [9.17, 15) is 5.11 Å². The second-order valence-electron chi connectivity index (χ2n) is 5.60. The van der Waals surface area contributed by atoms with Gasteiger partial charge in [0.05, 0.1) is 6.10 Å². The molecule has 0 spiro atoms. The molecule has 3 rings (SSSR count). The first kappa shape index (κ1) is 12.2. The molecular weight excluding hydrogens is 226 g/mol. The van der Waals surface area contributed by atoms with Crippen LogP contribution in [0.15, 0.2) is 24.3 Å². The lowest BCUT2D eigenvalue weighted by molar-refractivity contribution is -0.0262. The third-order valence-corrected chi connectivity index (χ3v) is 4.44. The maximum Gasteiger partial charge on any atom is 0.105 e. The van der Waals surface area contributed by atoms with Crippen LogP contribution in [-0.2, 0) is 11.2 Å². The molecule has 1 aromatic carbocycles. The fraction of sp³-hybridized carbons (Fsp3) is 0.600. The molecule has 1 fully saturated rings. The molecule has 18 heavy (non-hydrogen) atoms. The van der Waals surface area contributed by atoms with E-state index in [1.54, 1.807) is 0 Å². The summed E-state index contributed by atoms with van der Waals surface area (Å²) in [5.74, 6) is 0.613. The van der Waals surface area contributed by atoms with Crippen LogP contribution in [0.25, 0.3) is 0 Å². The molecule has 1 saturated heterocycles. The summed E-state index contributed by atoms with van der Waals surface area (Å²) in [6.45, 7) is 4.21. The van der Waals surface area contributed by atoms with E-state index in [4.69, 9.17) is 4.74 Å². The predicted octanol–water partition coefficient (Wildman–Crippen LogP) is 1.46. The van der Waals surface area contributed by atoms with E-state index < -0.39 is 5.60 Å². The van der Waals surface area contributed by atoms with Gasteiger partial charge in [0.25, 0.3) is 0 Å². The number of rotatable bonds is 4. The molecule has 0 saturated carbocycles. The zero-order chi connectivity index (χ0) is 12.6. The van der Waals surface area contributed by atoms with Crippen molar-refractivity contribution >= 4 is 0 Å². The molecule has 1 aliphatic heterocycles. The predicted molar refractivity (Wildman–Crippen MR) is 70.7 cm³/mol. The third kappa shape index (κ3) is 2.07. The number of nitrogens with one attached hydrogen (secondary N) is 1. The Morgan fingerprint density at radius 2 is 2.28 bits per heavy atom. The van der Waals surface area contributed by atoms with Crippen molar-refractivity contribution in [2.75, 3.05) is 19.7 Å². The Hall–Kier alpha value is -0.900. The van der Waals surface area contributed by atoms with Crippen molar-refractivity contribution in [2.45, 2.75) is 37.4 Å². The highest BCUT2D eigenvalue weighted by Crippen LogP contribution is 2.34. The Morgan fingerprint density at radius 3 is 3.00 bits per heavy atom. The van der Waals surface area contributed by atoms with Crippen molar-refractivity contribution in [1.29, 1.82) is 0 Å². The second-order valence-corrected chi connectivity index (χ2v) is 5.60. The van der Waals surface area contributed by atoms with E-state index in [2.05, 4.69) is 29.6 Å². The summed E-state index contributed by atoms with van der Waals surface area (Å²) in [7, 11) is 0. The van der Waals surface area contributed by atoms with Crippen LogP contribution in [0.2, 0.25) is 0 Å². The molecule has 3 unspecified atom stereocenters. The lowest BCUT2D eigenvalue weighted by Gasteiger charge is -2.32. The van der Waals surface area contributed by atoms with Gasteiger partial charge < -0.3 is 15.2 Å². The molecule has 3 nitrogen and oxygen atoms in total. The molecule has 0 amide bonds. The van der Waals surface area contributed by atoms with Crippen LogP contribution in [0.4, 0.5) is 0 Å². The number of hydrogen-bond acceptors (Lipinski definition) is 3. The lowest BCUT2D eigenvalue weighted by atomic mass is 9.77. The van der Waals surface area contributed by atoms with E-state index in [0.29, 0.717) is 19.1 Å². The fourth-order valence-corrected chi connectivity index (χ4v) is 3.01. The number of ether oxygens (including phenoxy) is 1. The van der Waals surface area contributed by atoms with Crippen molar-refractivity contribution in [1.82, 2.24) is 5.32 Å². The minimum absolute atomic E-state index is 0.0568. The van der Waals surface area contributed by atoms with Gasteiger partial charge in [0.15, 0.2) is 0 Å². The van der Waals surface area contributed by atoms with Crippen LogP contribution in [0.3, 0.4) is 0 Å². The third-order valence-electron chi connectivity index (χ3n) is 4.44. The van der Waals surface area contributed by atoms with E-state index in [1.165, 1.54) is 11.1 Å². The first-order chi connectivity index (χ1) is 8.69.